The minimum absolute atomic E-state index is 0.605. The first-order valence-corrected chi connectivity index (χ1v) is 6.32. The predicted octanol–water partition coefficient (Wildman–Crippen LogP) is 3.37. The Balaban J connectivity index is 1.89. The molecule has 3 nitrogen and oxygen atoms in total. The minimum atomic E-state index is 0.605. The monoisotopic (exact) mass is 227 g/mol. The van der Waals surface area contributed by atoms with Gasteiger partial charge in [-0.05, 0) is 38.0 Å². The number of aromatic nitrogens is 3. The van der Waals surface area contributed by atoms with Gasteiger partial charge in [0.25, 0.3) is 0 Å². The van der Waals surface area contributed by atoms with E-state index in [1.54, 1.807) is 0 Å². The molecule has 2 heterocycles. The Morgan fingerprint density at radius 2 is 1.94 bits per heavy atom. The van der Waals surface area contributed by atoms with Crippen molar-refractivity contribution >= 4 is 0 Å². The van der Waals surface area contributed by atoms with Crippen LogP contribution in [0, 0.1) is 6.92 Å². The summed E-state index contributed by atoms with van der Waals surface area (Å²) in [5.74, 6) is 0. The smallest absolute Gasteiger partial charge is 0.111 e. The molecule has 0 N–H and O–H groups in total. The predicted molar refractivity (Wildman–Crippen MR) is 67.7 cm³/mol. The molecule has 0 radical (unpaired) electrons. The molecule has 0 spiro atoms. The van der Waals surface area contributed by atoms with E-state index < -0.39 is 0 Å². The van der Waals surface area contributed by atoms with Crippen LogP contribution in [0.25, 0.3) is 11.4 Å². The van der Waals surface area contributed by atoms with Gasteiger partial charge < -0.3 is 0 Å². The lowest BCUT2D eigenvalue weighted by atomic mass is 10.2. The summed E-state index contributed by atoms with van der Waals surface area (Å²) in [4.78, 5) is 4.51. The second-order valence-electron chi connectivity index (χ2n) is 4.78. The van der Waals surface area contributed by atoms with Gasteiger partial charge in [0.2, 0.25) is 0 Å². The molecule has 0 amide bonds. The van der Waals surface area contributed by atoms with Gasteiger partial charge in [0, 0.05) is 11.9 Å². The zero-order chi connectivity index (χ0) is 11.7. The molecule has 1 fully saturated rings. The van der Waals surface area contributed by atoms with Gasteiger partial charge in [0.05, 0.1) is 11.7 Å². The van der Waals surface area contributed by atoms with Gasteiger partial charge in [0.15, 0.2) is 0 Å². The summed E-state index contributed by atoms with van der Waals surface area (Å²) >= 11 is 0. The van der Waals surface area contributed by atoms with Crippen molar-refractivity contribution in [1.29, 1.82) is 0 Å². The highest BCUT2D eigenvalue weighted by atomic mass is 15.3. The average Bonchev–Trinajstić information content (AvgIpc) is 3.00. The van der Waals surface area contributed by atoms with E-state index in [0.717, 1.165) is 17.1 Å². The fraction of sp³-hybridized carbons (Fsp3) is 0.429. The van der Waals surface area contributed by atoms with Gasteiger partial charge in [-0.3, -0.25) is 9.67 Å². The summed E-state index contributed by atoms with van der Waals surface area (Å²) in [5.41, 5.74) is 3.00. The summed E-state index contributed by atoms with van der Waals surface area (Å²) in [5, 5.41) is 4.66. The van der Waals surface area contributed by atoms with Crippen LogP contribution in [-0.4, -0.2) is 14.8 Å². The van der Waals surface area contributed by atoms with E-state index in [9.17, 15) is 0 Å². The Kier molecular flexibility index (Phi) is 2.67. The molecule has 1 saturated carbocycles. The van der Waals surface area contributed by atoms with E-state index in [2.05, 4.69) is 27.0 Å². The SMILES string of the molecule is Cc1cccc(-c2ccn(C3CCCC3)n2)n1. The maximum absolute atomic E-state index is 4.66. The largest absolute Gasteiger partial charge is 0.269 e. The Hall–Kier alpha value is -1.64. The zero-order valence-corrected chi connectivity index (χ0v) is 10.1. The molecule has 2 aromatic rings. The lowest BCUT2D eigenvalue weighted by Gasteiger charge is -2.08. The summed E-state index contributed by atoms with van der Waals surface area (Å²) < 4.78 is 2.12. The standard InChI is InChI=1S/C14H17N3/c1-11-5-4-8-13(15-11)14-9-10-17(16-14)12-6-2-3-7-12/h4-5,8-10,12H,2-3,6-7H2,1H3. The molecule has 0 bridgehead atoms. The van der Waals surface area contributed by atoms with Crippen LogP contribution in [0.1, 0.15) is 37.4 Å². The fourth-order valence-electron chi connectivity index (χ4n) is 2.53. The number of hydrogen-bond acceptors (Lipinski definition) is 2. The second kappa shape index (κ2) is 4.32. The summed E-state index contributed by atoms with van der Waals surface area (Å²) in [6, 6.07) is 8.74. The van der Waals surface area contributed by atoms with Crippen molar-refractivity contribution in [3.63, 3.8) is 0 Å². The zero-order valence-electron chi connectivity index (χ0n) is 10.1. The van der Waals surface area contributed by atoms with Crippen LogP contribution in [0.4, 0.5) is 0 Å². The van der Waals surface area contributed by atoms with Crippen molar-refractivity contribution in [2.45, 2.75) is 38.6 Å². The van der Waals surface area contributed by atoms with Crippen LogP contribution in [0.2, 0.25) is 0 Å². The quantitative estimate of drug-likeness (QED) is 0.787. The first kappa shape index (κ1) is 10.5. The molecule has 1 aliphatic carbocycles. The van der Waals surface area contributed by atoms with E-state index in [4.69, 9.17) is 0 Å². The van der Waals surface area contributed by atoms with Crippen molar-refractivity contribution in [1.82, 2.24) is 14.8 Å². The molecule has 88 valence electrons. The Bertz CT molecular complexity index is 510. The number of rotatable bonds is 2. The van der Waals surface area contributed by atoms with Crippen LogP contribution < -0.4 is 0 Å². The van der Waals surface area contributed by atoms with Gasteiger partial charge in [-0.2, -0.15) is 5.10 Å². The van der Waals surface area contributed by atoms with Gasteiger partial charge >= 0.3 is 0 Å². The lowest BCUT2D eigenvalue weighted by Crippen LogP contribution is -2.05. The lowest BCUT2D eigenvalue weighted by molar-refractivity contribution is 0.468. The fourth-order valence-corrected chi connectivity index (χ4v) is 2.53. The number of nitrogens with zero attached hydrogens (tertiary/aromatic N) is 3. The Morgan fingerprint density at radius 1 is 1.12 bits per heavy atom. The highest BCUT2D eigenvalue weighted by Crippen LogP contribution is 2.29. The topological polar surface area (TPSA) is 30.7 Å². The van der Waals surface area contributed by atoms with E-state index in [1.165, 1.54) is 25.7 Å². The van der Waals surface area contributed by atoms with Crippen molar-refractivity contribution in [3.05, 3.63) is 36.2 Å². The van der Waals surface area contributed by atoms with E-state index >= 15 is 0 Å². The average molecular weight is 227 g/mol. The third-order valence-corrected chi connectivity index (χ3v) is 3.46. The summed E-state index contributed by atoms with van der Waals surface area (Å²) in [7, 11) is 0. The van der Waals surface area contributed by atoms with Gasteiger partial charge in [0.1, 0.15) is 5.69 Å². The van der Waals surface area contributed by atoms with Crippen LogP contribution in [0.3, 0.4) is 0 Å². The molecule has 0 aliphatic heterocycles. The van der Waals surface area contributed by atoms with Crippen molar-refractivity contribution in [2.24, 2.45) is 0 Å². The molecule has 3 heteroatoms. The molecule has 0 atom stereocenters. The maximum Gasteiger partial charge on any atom is 0.111 e. The van der Waals surface area contributed by atoms with Crippen molar-refractivity contribution in [2.75, 3.05) is 0 Å². The van der Waals surface area contributed by atoms with E-state index in [0.29, 0.717) is 6.04 Å². The van der Waals surface area contributed by atoms with Crippen LogP contribution in [0.5, 0.6) is 0 Å². The Morgan fingerprint density at radius 3 is 2.71 bits per heavy atom. The van der Waals surface area contributed by atoms with E-state index in [1.807, 2.05) is 25.1 Å². The molecule has 0 unspecified atom stereocenters. The van der Waals surface area contributed by atoms with Crippen molar-refractivity contribution in [3.8, 4) is 11.4 Å². The second-order valence-corrected chi connectivity index (χ2v) is 4.78. The normalized spacial score (nSPS) is 16.5. The number of aryl methyl sites for hydroxylation is 1. The third-order valence-electron chi connectivity index (χ3n) is 3.46. The molecule has 3 rings (SSSR count). The maximum atomic E-state index is 4.66. The molecule has 0 saturated heterocycles. The van der Waals surface area contributed by atoms with Gasteiger partial charge in [-0.25, -0.2) is 0 Å². The minimum Gasteiger partial charge on any atom is -0.269 e. The van der Waals surface area contributed by atoms with Crippen LogP contribution in [-0.2, 0) is 0 Å². The first-order valence-electron chi connectivity index (χ1n) is 6.32. The first-order chi connectivity index (χ1) is 8.33. The van der Waals surface area contributed by atoms with E-state index in [-0.39, 0.29) is 0 Å². The van der Waals surface area contributed by atoms with Crippen molar-refractivity contribution < 1.29 is 0 Å². The highest BCUT2D eigenvalue weighted by Gasteiger charge is 2.17. The molecule has 2 aromatic heterocycles. The third kappa shape index (κ3) is 2.09. The number of hydrogen-bond donors (Lipinski definition) is 0. The molecular formula is C14H17N3. The molecular weight excluding hydrogens is 210 g/mol. The molecule has 1 aliphatic rings. The number of pyridine rings is 1. The van der Waals surface area contributed by atoms with Gasteiger partial charge in [-0.15, -0.1) is 0 Å². The Labute approximate surface area is 101 Å². The summed E-state index contributed by atoms with van der Waals surface area (Å²) in [6.45, 7) is 2.01. The van der Waals surface area contributed by atoms with Gasteiger partial charge in [-0.1, -0.05) is 18.9 Å². The highest BCUT2D eigenvalue weighted by molar-refractivity contribution is 5.53. The summed E-state index contributed by atoms with van der Waals surface area (Å²) in [6.07, 6.45) is 7.30. The van der Waals surface area contributed by atoms with Crippen LogP contribution >= 0.6 is 0 Å². The van der Waals surface area contributed by atoms with Crippen LogP contribution in [0.15, 0.2) is 30.5 Å². The molecule has 0 aromatic carbocycles. The molecule has 17 heavy (non-hydrogen) atoms.